The number of hydrogen-bond donors (Lipinski definition) is 2. The van der Waals surface area contributed by atoms with Crippen molar-refractivity contribution in [1.29, 1.82) is 0 Å². The van der Waals surface area contributed by atoms with Crippen molar-refractivity contribution in [3.8, 4) is 0 Å². The van der Waals surface area contributed by atoms with E-state index in [0.29, 0.717) is 26.3 Å². The molecule has 1 aliphatic heterocycles. The highest BCUT2D eigenvalue weighted by Crippen LogP contribution is 2.12. The van der Waals surface area contributed by atoms with Crippen molar-refractivity contribution in [3.05, 3.63) is 0 Å². The lowest BCUT2D eigenvalue weighted by molar-refractivity contribution is -0.141. The van der Waals surface area contributed by atoms with Gasteiger partial charge in [-0.15, -0.1) is 0 Å². The number of morpholine rings is 1. The number of nitrogens with zero attached hydrogens (tertiary/aromatic N) is 1. The molecule has 1 aliphatic rings. The smallest absolute Gasteiger partial charge is 0.225 e. The first-order valence-corrected chi connectivity index (χ1v) is 6.62. The summed E-state index contributed by atoms with van der Waals surface area (Å²) in [5, 5.41) is 11.9. The molecular weight excluding hydrogens is 248 g/mol. The molecule has 1 atom stereocenters. The van der Waals surface area contributed by atoms with Gasteiger partial charge in [-0.2, -0.15) is 0 Å². The Balaban J connectivity index is 2.36. The van der Waals surface area contributed by atoms with Crippen molar-refractivity contribution in [3.63, 3.8) is 0 Å². The summed E-state index contributed by atoms with van der Waals surface area (Å²) >= 11 is 0. The molecule has 1 saturated heterocycles. The van der Waals surface area contributed by atoms with E-state index in [-0.39, 0.29) is 30.9 Å². The van der Waals surface area contributed by atoms with E-state index in [1.165, 1.54) is 0 Å². The summed E-state index contributed by atoms with van der Waals surface area (Å²) in [5.41, 5.74) is -0.449. The molecule has 0 aromatic carbocycles. The van der Waals surface area contributed by atoms with E-state index in [4.69, 9.17) is 4.74 Å². The van der Waals surface area contributed by atoms with Gasteiger partial charge in [0.2, 0.25) is 11.8 Å². The Morgan fingerprint density at radius 3 is 2.68 bits per heavy atom. The first-order chi connectivity index (χ1) is 8.86. The van der Waals surface area contributed by atoms with Crippen LogP contribution < -0.4 is 5.32 Å². The molecule has 19 heavy (non-hydrogen) atoms. The van der Waals surface area contributed by atoms with Gasteiger partial charge in [0, 0.05) is 24.9 Å². The normalized spacial score (nSPS) is 20.2. The van der Waals surface area contributed by atoms with Crippen LogP contribution in [0.15, 0.2) is 0 Å². The maximum absolute atomic E-state index is 12.0. The van der Waals surface area contributed by atoms with Gasteiger partial charge in [-0.25, -0.2) is 0 Å². The van der Waals surface area contributed by atoms with Gasteiger partial charge in [-0.1, -0.05) is 20.8 Å². The number of amides is 2. The first kappa shape index (κ1) is 15.9. The number of carbonyl (C=O) groups is 2. The number of rotatable bonds is 4. The van der Waals surface area contributed by atoms with Gasteiger partial charge in [-0.3, -0.25) is 9.59 Å². The van der Waals surface area contributed by atoms with E-state index in [1.54, 1.807) is 4.90 Å². The van der Waals surface area contributed by atoms with Gasteiger partial charge in [0.25, 0.3) is 0 Å². The average Bonchev–Trinajstić information content (AvgIpc) is 2.37. The number of aliphatic hydroxyl groups is 1. The molecule has 2 amide bonds. The lowest BCUT2D eigenvalue weighted by atomic mass is 9.96. The molecule has 0 bridgehead atoms. The number of ether oxygens (including phenoxy) is 1. The van der Waals surface area contributed by atoms with Crippen LogP contribution in [0, 0.1) is 5.41 Å². The highest BCUT2D eigenvalue weighted by atomic mass is 16.5. The molecule has 0 aliphatic carbocycles. The topological polar surface area (TPSA) is 78.9 Å². The molecule has 0 aromatic heterocycles. The average molecular weight is 272 g/mol. The molecule has 0 radical (unpaired) electrons. The maximum atomic E-state index is 12.0. The predicted molar refractivity (Wildman–Crippen MR) is 70.5 cm³/mol. The number of aliphatic hydroxyl groups excluding tert-OH is 1. The summed E-state index contributed by atoms with van der Waals surface area (Å²) in [7, 11) is 0. The maximum Gasteiger partial charge on any atom is 0.225 e. The molecule has 1 unspecified atom stereocenters. The Morgan fingerprint density at radius 2 is 2.11 bits per heavy atom. The fraction of sp³-hybridized carbons (Fsp3) is 0.846. The van der Waals surface area contributed by atoms with E-state index in [2.05, 4.69) is 5.32 Å². The van der Waals surface area contributed by atoms with Crippen LogP contribution in [0.3, 0.4) is 0 Å². The van der Waals surface area contributed by atoms with Crippen LogP contribution in [0.1, 0.15) is 27.2 Å². The number of nitrogens with one attached hydrogen (secondary N) is 1. The minimum Gasteiger partial charge on any atom is -0.394 e. The van der Waals surface area contributed by atoms with Crippen LogP contribution in [0.2, 0.25) is 0 Å². The van der Waals surface area contributed by atoms with E-state index >= 15 is 0 Å². The molecule has 6 nitrogen and oxygen atoms in total. The second kappa shape index (κ2) is 6.86. The summed E-state index contributed by atoms with van der Waals surface area (Å²) in [5.74, 6) is -0.127. The van der Waals surface area contributed by atoms with Crippen LogP contribution in [0.25, 0.3) is 0 Å². The second-order valence-electron chi connectivity index (χ2n) is 5.75. The fourth-order valence-electron chi connectivity index (χ4n) is 1.83. The van der Waals surface area contributed by atoms with E-state index in [1.807, 2.05) is 20.8 Å². The number of carbonyl (C=O) groups excluding carboxylic acids is 2. The third kappa shape index (κ3) is 4.80. The third-order valence-corrected chi connectivity index (χ3v) is 3.06. The van der Waals surface area contributed by atoms with Crippen LogP contribution in [0.4, 0.5) is 0 Å². The Morgan fingerprint density at radius 1 is 1.42 bits per heavy atom. The Bertz CT molecular complexity index is 325. The summed E-state index contributed by atoms with van der Waals surface area (Å²) in [4.78, 5) is 25.3. The summed E-state index contributed by atoms with van der Waals surface area (Å²) in [6.45, 7) is 7.07. The molecule has 1 fully saturated rings. The zero-order valence-electron chi connectivity index (χ0n) is 11.9. The van der Waals surface area contributed by atoms with Crippen molar-refractivity contribution in [2.75, 3.05) is 32.9 Å². The summed E-state index contributed by atoms with van der Waals surface area (Å²) in [6, 6.07) is -0.264. The molecule has 0 aromatic rings. The van der Waals surface area contributed by atoms with Crippen molar-refractivity contribution in [2.45, 2.75) is 33.2 Å². The molecule has 110 valence electrons. The monoisotopic (exact) mass is 272 g/mol. The molecule has 1 rings (SSSR count). The summed E-state index contributed by atoms with van der Waals surface area (Å²) < 4.78 is 5.22. The van der Waals surface area contributed by atoms with Crippen molar-refractivity contribution >= 4 is 11.8 Å². The predicted octanol–water partition coefficient (Wildman–Crippen LogP) is -0.241. The highest BCUT2D eigenvalue weighted by molar-refractivity contribution is 5.82. The van der Waals surface area contributed by atoms with Gasteiger partial charge in [0.15, 0.2) is 0 Å². The highest BCUT2D eigenvalue weighted by Gasteiger charge is 2.27. The van der Waals surface area contributed by atoms with E-state index in [0.717, 1.165) is 0 Å². The zero-order chi connectivity index (χ0) is 14.5. The molecule has 2 N–H and O–H groups in total. The van der Waals surface area contributed by atoms with Gasteiger partial charge in [0.05, 0.1) is 25.9 Å². The van der Waals surface area contributed by atoms with Gasteiger partial charge < -0.3 is 20.1 Å². The first-order valence-electron chi connectivity index (χ1n) is 6.62. The number of hydrogen-bond acceptors (Lipinski definition) is 4. The van der Waals surface area contributed by atoms with Crippen LogP contribution in [0.5, 0.6) is 0 Å². The van der Waals surface area contributed by atoms with Crippen molar-refractivity contribution < 1.29 is 19.4 Å². The largest absolute Gasteiger partial charge is 0.394 e. The van der Waals surface area contributed by atoms with Crippen LogP contribution >= 0.6 is 0 Å². The Hall–Kier alpha value is -1.14. The minimum atomic E-state index is -0.449. The van der Waals surface area contributed by atoms with Crippen molar-refractivity contribution in [1.82, 2.24) is 10.2 Å². The molecular formula is C13H24N2O4. The minimum absolute atomic E-state index is 0.0587. The third-order valence-electron chi connectivity index (χ3n) is 3.06. The molecule has 0 saturated carbocycles. The van der Waals surface area contributed by atoms with E-state index in [9.17, 15) is 14.7 Å². The standard InChI is InChI=1S/C13H24N2O4/c1-13(2,3)12(18)14-5-4-11(17)15-6-7-19-9-10(15)8-16/h10,16H,4-9H2,1-3H3,(H,14,18). The van der Waals surface area contributed by atoms with Gasteiger partial charge in [0.1, 0.15) is 0 Å². The zero-order valence-corrected chi connectivity index (χ0v) is 11.9. The Kier molecular flexibility index (Phi) is 5.75. The fourth-order valence-corrected chi connectivity index (χ4v) is 1.83. The lowest BCUT2D eigenvalue weighted by Crippen LogP contribution is -2.51. The molecule has 6 heteroatoms. The van der Waals surface area contributed by atoms with Crippen LogP contribution in [-0.4, -0.2) is 60.8 Å². The molecule has 1 heterocycles. The summed E-state index contributed by atoms with van der Waals surface area (Å²) in [6.07, 6.45) is 0.248. The molecule has 0 spiro atoms. The SMILES string of the molecule is CC(C)(C)C(=O)NCCC(=O)N1CCOCC1CO. The van der Waals surface area contributed by atoms with Crippen LogP contribution in [-0.2, 0) is 14.3 Å². The van der Waals surface area contributed by atoms with E-state index < -0.39 is 5.41 Å². The lowest BCUT2D eigenvalue weighted by Gasteiger charge is -2.34. The second-order valence-corrected chi connectivity index (χ2v) is 5.75. The Labute approximate surface area is 114 Å². The van der Waals surface area contributed by atoms with Gasteiger partial charge in [-0.05, 0) is 0 Å². The quantitative estimate of drug-likeness (QED) is 0.740. The van der Waals surface area contributed by atoms with Crippen molar-refractivity contribution in [2.24, 2.45) is 5.41 Å². The van der Waals surface area contributed by atoms with Gasteiger partial charge >= 0.3 is 0 Å².